The zero-order valence-electron chi connectivity index (χ0n) is 9.83. The Morgan fingerprint density at radius 3 is 2.53 bits per heavy atom. The lowest BCUT2D eigenvalue weighted by Gasteiger charge is -2.17. The number of aliphatic hydroxyl groups excluding tert-OH is 1. The van der Waals surface area contributed by atoms with Crippen molar-refractivity contribution in [2.75, 3.05) is 20.2 Å². The average molecular weight is 258 g/mol. The second kappa shape index (κ2) is 6.70. The summed E-state index contributed by atoms with van der Waals surface area (Å²) in [5.74, 6) is 0. The van der Waals surface area contributed by atoms with Crippen LogP contribution >= 0.6 is 0 Å². The highest BCUT2D eigenvalue weighted by atomic mass is 32.2. The molecule has 5 nitrogen and oxygen atoms in total. The van der Waals surface area contributed by atoms with Crippen LogP contribution in [0.4, 0.5) is 0 Å². The molecule has 0 aliphatic rings. The van der Waals surface area contributed by atoms with Crippen LogP contribution in [0.5, 0.6) is 0 Å². The van der Waals surface area contributed by atoms with Gasteiger partial charge in [-0.1, -0.05) is 30.3 Å². The number of hydrogen-bond acceptors (Lipinski definition) is 3. The Bertz CT molecular complexity index is 420. The third-order valence-electron chi connectivity index (χ3n) is 2.28. The lowest BCUT2D eigenvalue weighted by molar-refractivity contribution is 0.289. The molecule has 1 rings (SSSR count). The predicted molar refractivity (Wildman–Crippen MR) is 66.5 cm³/mol. The number of aliphatic hydroxyl groups is 1. The summed E-state index contributed by atoms with van der Waals surface area (Å²) in [7, 11) is -1.94. The normalized spacial score (nSPS) is 11.9. The van der Waals surface area contributed by atoms with Gasteiger partial charge < -0.3 is 5.11 Å². The van der Waals surface area contributed by atoms with Crippen molar-refractivity contribution in [2.24, 2.45) is 0 Å². The fourth-order valence-electron chi connectivity index (χ4n) is 1.32. The van der Waals surface area contributed by atoms with Crippen LogP contribution in [0.2, 0.25) is 0 Å². The van der Waals surface area contributed by atoms with Gasteiger partial charge in [0.15, 0.2) is 0 Å². The number of nitrogens with zero attached hydrogens (tertiary/aromatic N) is 1. The summed E-state index contributed by atoms with van der Waals surface area (Å²) in [4.78, 5) is 0. The summed E-state index contributed by atoms with van der Waals surface area (Å²) in [6.45, 7) is 0.554. The van der Waals surface area contributed by atoms with E-state index in [0.717, 1.165) is 5.56 Å². The standard InChI is InChI=1S/C11H18N2O3S/c1-13(10-11-6-3-2-4-7-11)17(15,16)12-8-5-9-14/h2-4,6-7,12,14H,5,8-10H2,1H3. The van der Waals surface area contributed by atoms with Gasteiger partial charge in [0.1, 0.15) is 0 Å². The molecule has 0 saturated carbocycles. The Balaban J connectivity index is 2.54. The van der Waals surface area contributed by atoms with Gasteiger partial charge in [0.05, 0.1) is 0 Å². The van der Waals surface area contributed by atoms with Gasteiger partial charge in [0.2, 0.25) is 0 Å². The smallest absolute Gasteiger partial charge is 0.279 e. The fraction of sp³-hybridized carbons (Fsp3) is 0.455. The van der Waals surface area contributed by atoms with Crippen LogP contribution < -0.4 is 4.72 Å². The fourth-order valence-corrected chi connectivity index (χ4v) is 2.26. The minimum Gasteiger partial charge on any atom is -0.396 e. The molecule has 0 aliphatic heterocycles. The molecule has 0 radical (unpaired) electrons. The molecule has 0 saturated heterocycles. The number of hydrogen-bond donors (Lipinski definition) is 2. The van der Waals surface area contributed by atoms with Crippen molar-refractivity contribution >= 4 is 10.2 Å². The first-order valence-electron chi connectivity index (χ1n) is 5.42. The molecule has 0 fully saturated rings. The van der Waals surface area contributed by atoms with Gasteiger partial charge in [-0.15, -0.1) is 0 Å². The topological polar surface area (TPSA) is 69.6 Å². The molecule has 2 N–H and O–H groups in total. The summed E-state index contributed by atoms with van der Waals surface area (Å²) >= 11 is 0. The predicted octanol–water partition coefficient (Wildman–Crippen LogP) is 0.335. The van der Waals surface area contributed by atoms with E-state index >= 15 is 0 Å². The molecule has 0 bridgehead atoms. The van der Waals surface area contributed by atoms with Crippen molar-refractivity contribution in [2.45, 2.75) is 13.0 Å². The van der Waals surface area contributed by atoms with Gasteiger partial charge in [-0.25, -0.2) is 4.72 Å². The molecule has 0 amide bonds. The highest BCUT2D eigenvalue weighted by Crippen LogP contribution is 2.05. The molecule has 0 aliphatic carbocycles. The molecule has 0 spiro atoms. The van der Waals surface area contributed by atoms with Gasteiger partial charge >= 0.3 is 0 Å². The highest BCUT2D eigenvalue weighted by Gasteiger charge is 2.16. The Morgan fingerprint density at radius 2 is 1.94 bits per heavy atom. The molecular formula is C11H18N2O3S. The van der Waals surface area contributed by atoms with Crippen molar-refractivity contribution in [3.05, 3.63) is 35.9 Å². The molecule has 0 atom stereocenters. The average Bonchev–Trinajstić information content (AvgIpc) is 2.30. The number of benzene rings is 1. The Kier molecular flexibility index (Phi) is 5.57. The van der Waals surface area contributed by atoms with Crippen LogP contribution in [0.3, 0.4) is 0 Å². The zero-order chi connectivity index (χ0) is 12.7. The summed E-state index contributed by atoms with van der Waals surface area (Å²) in [5.41, 5.74) is 0.933. The van der Waals surface area contributed by atoms with Crippen LogP contribution in [0.25, 0.3) is 0 Å². The van der Waals surface area contributed by atoms with Crippen LogP contribution in [-0.2, 0) is 16.8 Å². The van der Waals surface area contributed by atoms with E-state index in [4.69, 9.17) is 5.11 Å². The third kappa shape index (κ3) is 4.82. The van der Waals surface area contributed by atoms with Gasteiger partial charge in [-0.05, 0) is 12.0 Å². The molecule has 0 aromatic heterocycles. The Labute approximate surface area is 102 Å². The van der Waals surface area contributed by atoms with E-state index in [0.29, 0.717) is 13.0 Å². The first-order valence-corrected chi connectivity index (χ1v) is 6.86. The lowest BCUT2D eigenvalue weighted by atomic mass is 10.2. The van der Waals surface area contributed by atoms with E-state index in [2.05, 4.69) is 4.72 Å². The molecule has 96 valence electrons. The zero-order valence-corrected chi connectivity index (χ0v) is 10.7. The van der Waals surface area contributed by atoms with Gasteiger partial charge in [0.25, 0.3) is 10.2 Å². The molecule has 6 heteroatoms. The van der Waals surface area contributed by atoms with E-state index in [9.17, 15) is 8.42 Å². The van der Waals surface area contributed by atoms with E-state index in [1.807, 2.05) is 30.3 Å². The van der Waals surface area contributed by atoms with Crippen LogP contribution in [0.1, 0.15) is 12.0 Å². The van der Waals surface area contributed by atoms with E-state index in [1.54, 1.807) is 0 Å². The molecule has 1 aromatic rings. The summed E-state index contributed by atoms with van der Waals surface area (Å²) in [6, 6.07) is 9.38. The Morgan fingerprint density at radius 1 is 1.29 bits per heavy atom. The monoisotopic (exact) mass is 258 g/mol. The highest BCUT2D eigenvalue weighted by molar-refractivity contribution is 7.87. The maximum absolute atomic E-state index is 11.7. The van der Waals surface area contributed by atoms with Gasteiger partial charge in [0, 0.05) is 26.7 Å². The number of rotatable bonds is 7. The van der Waals surface area contributed by atoms with E-state index in [-0.39, 0.29) is 13.2 Å². The first-order chi connectivity index (χ1) is 8.06. The van der Waals surface area contributed by atoms with Crippen LogP contribution in [0, 0.1) is 0 Å². The van der Waals surface area contributed by atoms with Crippen molar-refractivity contribution < 1.29 is 13.5 Å². The molecule has 17 heavy (non-hydrogen) atoms. The molecular weight excluding hydrogens is 240 g/mol. The van der Waals surface area contributed by atoms with Crippen molar-refractivity contribution in [1.82, 2.24) is 9.03 Å². The first kappa shape index (κ1) is 14.1. The second-order valence-corrected chi connectivity index (χ2v) is 5.58. The van der Waals surface area contributed by atoms with E-state index in [1.165, 1.54) is 11.4 Å². The van der Waals surface area contributed by atoms with Gasteiger partial charge in [-0.3, -0.25) is 0 Å². The Hall–Kier alpha value is -0.950. The quantitative estimate of drug-likeness (QED) is 0.693. The molecule has 0 heterocycles. The van der Waals surface area contributed by atoms with Crippen LogP contribution in [-0.4, -0.2) is 38.0 Å². The maximum Gasteiger partial charge on any atom is 0.279 e. The minimum absolute atomic E-state index is 0.0229. The van der Waals surface area contributed by atoms with Crippen molar-refractivity contribution in [1.29, 1.82) is 0 Å². The maximum atomic E-state index is 11.7. The van der Waals surface area contributed by atoms with Crippen molar-refractivity contribution in [3.8, 4) is 0 Å². The number of nitrogens with one attached hydrogen (secondary N) is 1. The summed E-state index contributed by atoms with van der Waals surface area (Å²) < 4.78 is 27.2. The molecule has 0 unspecified atom stereocenters. The summed E-state index contributed by atoms with van der Waals surface area (Å²) in [5, 5.41) is 8.59. The SMILES string of the molecule is CN(Cc1ccccc1)S(=O)(=O)NCCCO. The van der Waals surface area contributed by atoms with E-state index < -0.39 is 10.2 Å². The summed E-state index contributed by atoms with van der Waals surface area (Å²) in [6.07, 6.45) is 0.415. The largest absolute Gasteiger partial charge is 0.396 e. The van der Waals surface area contributed by atoms with Crippen molar-refractivity contribution in [3.63, 3.8) is 0 Å². The minimum atomic E-state index is -3.46. The second-order valence-electron chi connectivity index (χ2n) is 3.72. The lowest BCUT2D eigenvalue weighted by Crippen LogP contribution is -2.38. The third-order valence-corrected chi connectivity index (χ3v) is 3.80. The van der Waals surface area contributed by atoms with Crippen LogP contribution in [0.15, 0.2) is 30.3 Å². The molecule has 1 aromatic carbocycles. The van der Waals surface area contributed by atoms with Gasteiger partial charge in [-0.2, -0.15) is 12.7 Å².